The van der Waals surface area contributed by atoms with Crippen LogP contribution in [0.25, 0.3) is 0 Å². The highest BCUT2D eigenvalue weighted by atomic mass is 79.9. The summed E-state index contributed by atoms with van der Waals surface area (Å²) in [6.07, 6.45) is 0.413. The molecule has 1 aromatic rings. The molecule has 26 heavy (non-hydrogen) atoms. The molecule has 1 N–H and O–H groups in total. The first kappa shape index (κ1) is 22.5. The SMILES string of the molecule is CC(C)(C)[Si](C)(C)O[C@@H](CC(O)c1sccc1Br)C1CCC(F)(F)CC1. The number of aliphatic hydroxyl groups excluding tert-OH is 1. The Morgan fingerprint density at radius 3 is 2.38 bits per heavy atom. The van der Waals surface area contributed by atoms with E-state index in [-0.39, 0.29) is 29.9 Å². The summed E-state index contributed by atoms with van der Waals surface area (Å²) in [5.74, 6) is -2.47. The summed E-state index contributed by atoms with van der Waals surface area (Å²) in [6.45, 7) is 10.9. The van der Waals surface area contributed by atoms with Crippen molar-refractivity contribution in [2.24, 2.45) is 5.92 Å². The van der Waals surface area contributed by atoms with Gasteiger partial charge in [0.25, 0.3) is 0 Å². The Balaban J connectivity index is 2.17. The fraction of sp³-hybridized carbons (Fsp3) is 0.789. The van der Waals surface area contributed by atoms with E-state index in [0.29, 0.717) is 19.3 Å². The predicted octanol–water partition coefficient (Wildman–Crippen LogP) is 7.15. The third-order valence-corrected chi connectivity index (χ3v) is 12.4. The quantitative estimate of drug-likeness (QED) is 0.449. The van der Waals surface area contributed by atoms with Crippen LogP contribution in [-0.2, 0) is 4.43 Å². The molecule has 150 valence electrons. The lowest BCUT2D eigenvalue weighted by Gasteiger charge is -2.43. The molecule has 0 aromatic carbocycles. The standard InChI is InChI=1S/C19H31BrF2O2SSi/c1-18(2,3)26(4,5)24-16(13-6-9-19(21,22)10-7-13)12-15(23)17-14(20)8-11-25-17/h8,11,13,15-16,23H,6-7,9-10,12H2,1-5H3/t15?,16-/m0/s1. The Bertz CT molecular complexity index is 591. The number of thiophene rings is 1. The number of halogens is 3. The second-order valence-electron chi connectivity index (χ2n) is 8.99. The molecule has 0 aliphatic heterocycles. The highest BCUT2D eigenvalue weighted by Crippen LogP contribution is 2.44. The lowest BCUT2D eigenvalue weighted by atomic mass is 9.81. The molecule has 0 spiro atoms. The van der Waals surface area contributed by atoms with Gasteiger partial charge in [-0.15, -0.1) is 11.3 Å². The lowest BCUT2D eigenvalue weighted by molar-refractivity contribution is -0.0651. The number of hydrogen-bond acceptors (Lipinski definition) is 3. The Hall–Kier alpha value is 0.177. The van der Waals surface area contributed by atoms with Crippen molar-refractivity contribution in [1.29, 1.82) is 0 Å². The second-order valence-corrected chi connectivity index (χ2v) is 15.6. The smallest absolute Gasteiger partial charge is 0.248 e. The van der Waals surface area contributed by atoms with E-state index in [1.165, 1.54) is 11.3 Å². The van der Waals surface area contributed by atoms with Gasteiger partial charge in [-0.1, -0.05) is 20.8 Å². The Kier molecular flexibility index (Phi) is 7.15. The van der Waals surface area contributed by atoms with E-state index >= 15 is 0 Å². The van der Waals surface area contributed by atoms with E-state index < -0.39 is 20.3 Å². The normalized spacial score (nSPS) is 21.6. The van der Waals surface area contributed by atoms with Gasteiger partial charge >= 0.3 is 0 Å². The summed E-state index contributed by atoms with van der Waals surface area (Å²) in [6, 6.07) is 1.92. The van der Waals surface area contributed by atoms with E-state index in [1.807, 2.05) is 11.4 Å². The highest BCUT2D eigenvalue weighted by Gasteiger charge is 2.44. The van der Waals surface area contributed by atoms with Gasteiger partial charge in [0.05, 0.1) is 12.2 Å². The molecule has 0 saturated heterocycles. The van der Waals surface area contributed by atoms with Crippen LogP contribution in [0, 0.1) is 5.92 Å². The number of rotatable bonds is 6. The first-order chi connectivity index (χ1) is 11.8. The topological polar surface area (TPSA) is 29.5 Å². The minimum absolute atomic E-state index is 0.0400. The van der Waals surface area contributed by atoms with Crippen molar-refractivity contribution < 1.29 is 18.3 Å². The molecule has 1 aromatic heterocycles. The van der Waals surface area contributed by atoms with Crippen molar-refractivity contribution in [3.63, 3.8) is 0 Å². The zero-order chi connectivity index (χ0) is 19.8. The minimum Gasteiger partial charge on any atom is -0.414 e. The Labute approximate surface area is 169 Å². The maximum atomic E-state index is 13.6. The van der Waals surface area contributed by atoms with Gasteiger partial charge in [-0.3, -0.25) is 0 Å². The first-order valence-electron chi connectivity index (χ1n) is 9.29. The largest absolute Gasteiger partial charge is 0.414 e. The fourth-order valence-corrected chi connectivity index (χ4v) is 6.23. The molecule has 1 heterocycles. The van der Waals surface area contributed by atoms with Crippen LogP contribution in [0.2, 0.25) is 18.1 Å². The van der Waals surface area contributed by atoms with Crippen molar-refractivity contribution in [3.05, 3.63) is 20.8 Å². The molecule has 1 saturated carbocycles. The summed E-state index contributed by atoms with van der Waals surface area (Å²) in [7, 11) is -2.06. The molecule has 2 rings (SSSR count). The number of alkyl halides is 2. The average Bonchev–Trinajstić information content (AvgIpc) is 2.91. The van der Waals surface area contributed by atoms with Crippen molar-refractivity contribution in [1.82, 2.24) is 0 Å². The second kappa shape index (κ2) is 8.27. The summed E-state index contributed by atoms with van der Waals surface area (Å²) in [4.78, 5) is 0.884. The van der Waals surface area contributed by atoms with Crippen molar-refractivity contribution in [2.75, 3.05) is 0 Å². The molecule has 2 atom stereocenters. The van der Waals surface area contributed by atoms with Crippen molar-refractivity contribution in [2.45, 2.75) is 89.1 Å². The molecule has 0 bridgehead atoms. The van der Waals surface area contributed by atoms with Crippen LogP contribution in [0.4, 0.5) is 8.78 Å². The van der Waals surface area contributed by atoms with Crippen LogP contribution in [0.1, 0.15) is 63.9 Å². The van der Waals surface area contributed by atoms with Gasteiger partial charge in [0.1, 0.15) is 0 Å². The predicted molar refractivity (Wildman–Crippen MR) is 111 cm³/mol. The van der Waals surface area contributed by atoms with Gasteiger partial charge in [0.15, 0.2) is 8.32 Å². The molecule has 0 amide bonds. The Morgan fingerprint density at radius 1 is 1.35 bits per heavy atom. The number of hydrogen-bond donors (Lipinski definition) is 1. The van der Waals surface area contributed by atoms with Crippen LogP contribution in [0.15, 0.2) is 15.9 Å². The van der Waals surface area contributed by atoms with E-state index in [2.05, 4.69) is 49.8 Å². The van der Waals surface area contributed by atoms with Crippen LogP contribution >= 0.6 is 27.3 Å². The van der Waals surface area contributed by atoms with Gasteiger partial charge in [0, 0.05) is 28.6 Å². The summed E-state index contributed by atoms with van der Waals surface area (Å²) >= 11 is 4.99. The first-order valence-corrected chi connectivity index (χ1v) is 13.9. The number of aliphatic hydroxyl groups is 1. The van der Waals surface area contributed by atoms with Gasteiger partial charge in [-0.25, -0.2) is 8.78 Å². The zero-order valence-corrected chi connectivity index (χ0v) is 19.7. The third kappa shape index (κ3) is 5.60. The van der Waals surface area contributed by atoms with Crippen LogP contribution in [-0.4, -0.2) is 25.5 Å². The molecule has 1 unspecified atom stereocenters. The van der Waals surface area contributed by atoms with Crippen LogP contribution in [0.5, 0.6) is 0 Å². The van der Waals surface area contributed by atoms with Gasteiger partial charge in [-0.2, -0.15) is 0 Å². The van der Waals surface area contributed by atoms with Gasteiger partial charge < -0.3 is 9.53 Å². The minimum atomic E-state index is -2.55. The molecule has 7 heteroatoms. The molecule has 1 aliphatic carbocycles. The zero-order valence-electron chi connectivity index (χ0n) is 16.3. The third-order valence-electron chi connectivity index (χ3n) is 5.94. The molecule has 1 aliphatic rings. The van der Waals surface area contributed by atoms with Crippen molar-refractivity contribution >= 4 is 35.6 Å². The monoisotopic (exact) mass is 468 g/mol. The highest BCUT2D eigenvalue weighted by molar-refractivity contribution is 9.10. The van der Waals surface area contributed by atoms with E-state index in [4.69, 9.17) is 4.43 Å². The van der Waals surface area contributed by atoms with E-state index in [9.17, 15) is 13.9 Å². The maximum Gasteiger partial charge on any atom is 0.248 e. The Morgan fingerprint density at radius 2 is 1.92 bits per heavy atom. The summed E-state index contributed by atoms with van der Waals surface area (Å²) < 4.78 is 34.8. The van der Waals surface area contributed by atoms with E-state index in [1.54, 1.807) is 0 Å². The lowest BCUT2D eigenvalue weighted by Crippen LogP contribution is -2.47. The van der Waals surface area contributed by atoms with Crippen molar-refractivity contribution in [3.8, 4) is 0 Å². The van der Waals surface area contributed by atoms with Crippen LogP contribution < -0.4 is 0 Å². The summed E-state index contributed by atoms with van der Waals surface area (Å²) in [5.41, 5.74) is 0. The van der Waals surface area contributed by atoms with E-state index in [0.717, 1.165) is 9.35 Å². The summed E-state index contributed by atoms with van der Waals surface area (Å²) in [5, 5.41) is 12.7. The maximum absolute atomic E-state index is 13.6. The molecular weight excluding hydrogens is 438 g/mol. The molecule has 0 radical (unpaired) electrons. The van der Waals surface area contributed by atoms with Gasteiger partial charge in [0.2, 0.25) is 5.92 Å². The molecule has 2 nitrogen and oxygen atoms in total. The average molecular weight is 470 g/mol. The van der Waals surface area contributed by atoms with Crippen LogP contribution in [0.3, 0.4) is 0 Å². The van der Waals surface area contributed by atoms with Gasteiger partial charge in [-0.05, 0) is 64.3 Å². The molecule has 1 fully saturated rings. The molecular formula is C19H31BrF2O2SSi. The fourth-order valence-electron chi connectivity index (χ4n) is 3.20.